The minimum Gasteiger partial charge on any atom is -0.478 e. The van der Waals surface area contributed by atoms with Gasteiger partial charge in [0.1, 0.15) is 5.52 Å². The number of hydrogen-bond donors (Lipinski definition) is 0. The zero-order valence-corrected chi connectivity index (χ0v) is 22.4. The Balaban J connectivity index is 1.16. The van der Waals surface area contributed by atoms with E-state index in [1.165, 1.54) is 32.4 Å². The number of nitrogens with zero attached hydrogens (tertiary/aromatic N) is 6. The minimum absolute atomic E-state index is 0.0255. The molecule has 3 aromatic heterocycles. The topological polar surface area (TPSA) is 77.7 Å². The van der Waals surface area contributed by atoms with Gasteiger partial charge in [0, 0.05) is 35.8 Å². The maximum atomic E-state index is 13.7. The summed E-state index contributed by atoms with van der Waals surface area (Å²) in [5, 5.41) is 3.10. The highest BCUT2D eigenvalue weighted by molar-refractivity contribution is 6.04. The van der Waals surface area contributed by atoms with Gasteiger partial charge in [0.2, 0.25) is 5.88 Å². The van der Waals surface area contributed by atoms with E-state index >= 15 is 0 Å². The zero-order valence-electron chi connectivity index (χ0n) is 22.4. The first-order valence-electron chi connectivity index (χ1n) is 14.5. The number of rotatable bonds is 8. The van der Waals surface area contributed by atoms with E-state index < -0.39 is 0 Å². The Bertz CT molecular complexity index is 1510. The molecule has 0 unspecified atom stereocenters. The van der Waals surface area contributed by atoms with Gasteiger partial charge in [-0.2, -0.15) is 0 Å². The van der Waals surface area contributed by atoms with Crippen LogP contribution >= 0.6 is 0 Å². The quantitative estimate of drug-likeness (QED) is 0.320. The van der Waals surface area contributed by atoms with Crippen LogP contribution in [-0.4, -0.2) is 76.7 Å². The van der Waals surface area contributed by atoms with Crippen molar-refractivity contribution >= 4 is 21.9 Å². The second-order valence-corrected chi connectivity index (χ2v) is 11.0. The number of pyridine rings is 2. The number of piperidine rings is 1. The lowest BCUT2D eigenvalue weighted by molar-refractivity contribution is 0.111. The van der Waals surface area contributed by atoms with Crippen LogP contribution in [-0.2, 0) is 4.74 Å². The highest BCUT2D eigenvalue weighted by atomic mass is 16.5. The predicted octanol–water partition coefficient (Wildman–Crippen LogP) is 3.97. The van der Waals surface area contributed by atoms with Crippen molar-refractivity contribution in [3.8, 4) is 17.0 Å². The molecule has 9 nitrogen and oxygen atoms in total. The van der Waals surface area contributed by atoms with Gasteiger partial charge in [0.25, 0.3) is 0 Å². The largest absolute Gasteiger partial charge is 0.478 e. The smallest absolute Gasteiger partial charge is 0.348 e. The molecule has 7 rings (SSSR count). The second-order valence-electron chi connectivity index (χ2n) is 11.0. The van der Waals surface area contributed by atoms with Crippen LogP contribution in [0.15, 0.2) is 47.5 Å². The first kappa shape index (κ1) is 24.6. The lowest BCUT2D eigenvalue weighted by Crippen LogP contribution is -2.48. The van der Waals surface area contributed by atoms with Crippen LogP contribution < -0.4 is 15.4 Å². The lowest BCUT2D eigenvalue weighted by atomic mass is 10.0. The van der Waals surface area contributed by atoms with E-state index in [9.17, 15) is 4.79 Å². The SMILES string of the molecule is O=c1n(C2CC2)c2cnc3ccc(-c4ccc(OCCCN5CCCCC5)nc4)cc3c2n1N1CCOCC1. The van der Waals surface area contributed by atoms with Gasteiger partial charge >= 0.3 is 5.69 Å². The van der Waals surface area contributed by atoms with Gasteiger partial charge in [0.15, 0.2) is 0 Å². The van der Waals surface area contributed by atoms with E-state index in [1.54, 1.807) is 0 Å². The molecule has 9 heteroatoms. The zero-order chi connectivity index (χ0) is 26.2. The summed E-state index contributed by atoms with van der Waals surface area (Å²) < 4.78 is 15.3. The molecule has 0 N–H and O–H groups in total. The molecule has 0 amide bonds. The van der Waals surface area contributed by atoms with Gasteiger partial charge in [-0.05, 0) is 69.0 Å². The van der Waals surface area contributed by atoms with E-state index in [0.29, 0.717) is 38.8 Å². The summed E-state index contributed by atoms with van der Waals surface area (Å²) in [6, 6.07) is 10.5. The summed E-state index contributed by atoms with van der Waals surface area (Å²) in [5.74, 6) is 0.657. The van der Waals surface area contributed by atoms with Gasteiger partial charge in [0.05, 0.1) is 50.1 Å². The van der Waals surface area contributed by atoms with E-state index in [2.05, 4.69) is 33.1 Å². The molecule has 3 fully saturated rings. The first-order chi connectivity index (χ1) is 19.3. The fourth-order valence-corrected chi connectivity index (χ4v) is 6.03. The number of likely N-dealkylation sites (tertiary alicyclic amines) is 1. The number of morpholine rings is 1. The molecule has 5 heterocycles. The summed E-state index contributed by atoms with van der Waals surface area (Å²) >= 11 is 0. The number of aromatic nitrogens is 4. The van der Waals surface area contributed by atoms with Crippen molar-refractivity contribution in [3.63, 3.8) is 0 Å². The van der Waals surface area contributed by atoms with Crippen molar-refractivity contribution in [1.82, 2.24) is 24.1 Å². The fraction of sp³-hybridized carbons (Fsp3) is 0.500. The van der Waals surface area contributed by atoms with Crippen molar-refractivity contribution in [2.24, 2.45) is 0 Å². The summed E-state index contributed by atoms with van der Waals surface area (Å²) in [5.41, 5.74) is 4.80. The summed E-state index contributed by atoms with van der Waals surface area (Å²) in [4.78, 5) is 25.6. The highest BCUT2D eigenvalue weighted by Gasteiger charge is 2.31. The molecule has 3 aliphatic rings. The van der Waals surface area contributed by atoms with Crippen molar-refractivity contribution < 1.29 is 9.47 Å². The van der Waals surface area contributed by atoms with E-state index in [1.807, 2.05) is 33.8 Å². The predicted molar refractivity (Wildman–Crippen MR) is 152 cm³/mol. The van der Waals surface area contributed by atoms with Gasteiger partial charge in [-0.1, -0.05) is 12.5 Å². The molecular weight excluding hydrogens is 492 g/mol. The van der Waals surface area contributed by atoms with Crippen molar-refractivity contribution in [1.29, 1.82) is 0 Å². The summed E-state index contributed by atoms with van der Waals surface area (Å²) in [6.07, 6.45) is 10.8. The molecule has 2 aliphatic heterocycles. The summed E-state index contributed by atoms with van der Waals surface area (Å²) in [6.45, 7) is 6.83. The molecule has 204 valence electrons. The van der Waals surface area contributed by atoms with Gasteiger partial charge in [-0.15, -0.1) is 0 Å². The van der Waals surface area contributed by atoms with Crippen LogP contribution in [0.25, 0.3) is 33.1 Å². The Morgan fingerprint density at radius 2 is 1.74 bits per heavy atom. The number of hydrogen-bond acceptors (Lipinski definition) is 7. The van der Waals surface area contributed by atoms with Crippen LogP contribution in [0.3, 0.4) is 0 Å². The van der Waals surface area contributed by atoms with Crippen LogP contribution in [0, 0.1) is 0 Å². The molecule has 1 saturated carbocycles. The molecular formula is C30H36N6O3. The van der Waals surface area contributed by atoms with Crippen LogP contribution in [0.5, 0.6) is 5.88 Å². The molecule has 0 atom stereocenters. The summed E-state index contributed by atoms with van der Waals surface area (Å²) in [7, 11) is 0. The molecule has 1 aromatic carbocycles. The normalized spacial score (nSPS) is 18.7. The molecule has 4 aromatic rings. The Hall–Kier alpha value is -3.43. The Morgan fingerprint density at radius 3 is 2.51 bits per heavy atom. The molecule has 1 aliphatic carbocycles. The van der Waals surface area contributed by atoms with Gasteiger partial charge in [-0.3, -0.25) is 9.55 Å². The van der Waals surface area contributed by atoms with Gasteiger partial charge in [-0.25, -0.2) is 14.5 Å². The Labute approximate surface area is 227 Å². The minimum atomic E-state index is 0.0255. The van der Waals surface area contributed by atoms with Crippen molar-refractivity contribution in [2.75, 3.05) is 57.6 Å². The third-order valence-electron chi connectivity index (χ3n) is 8.25. The number of fused-ring (bicyclic) bond motifs is 3. The van der Waals surface area contributed by atoms with Crippen molar-refractivity contribution in [2.45, 2.75) is 44.6 Å². The highest BCUT2D eigenvalue weighted by Crippen LogP contribution is 2.38. The first-order valence-corrected chi connectivity index (χ1v) is 14.5. The van der Waals surface area contributed by atoms with E-state index in [0.717, 1.165) is 58.9 Å². The maximum absolute atomic E-state index is 13.7. The lowest BCUT2D eigenvalue weighted by Gasteiger charge is -2.29. The van der Waals surface area contributed by atoms with E-state index in [4.69, 9.17) is 14.5 Å². The monoisotopic (exact) mass is 528 g/mol. The van der Waals surface area contributed by atoms with Crippen molar-refractivity contribution in [3.05, 3.63) is 53.2 Å². The number of imidazole rings is 1. The average molecular weight is 529 g/mol. The number of benzene rings is 1. The van der Waals surface area contributed by atoms with Crippen LogP contribution in [0.4, 0.5) is 0 Å². The molecule has 0 spiro atoms. The number of ether oxygens (including phenoxy) is 2. The standard InChI is InChI=1S/C30H36N6O3/c37-30-35(24-7-8-24)27-21-31-26-9-5-22(19-25(26)29(27)36(30)34-14-17-38-18-15-34)23-6-10-28(32-20-23)39-16-4-13-33-11-2-1-3-12-33/h5-6,9-10,19-21,24H,1-4,7-8,11-18H2. The Morgan fingerprint density at radius 1 is 0.923 bits per heavy atom. The molecule has 2 saturated heterocycles. The Kier molecular flexibility index (Phi) is 6.70. The molecule has 0 radical (unpaired) electrons. The fourth-order valence-electron chi connectivity index (χ4n) is 6.03. The second kappa shape index (κ2) is 10.6. The average Bonchev–Trinajstić information content (AvgIpc) is 3.78. The molecule has 0 bridgehead atoms. The van der Waals surface area contributed by atoms with Crippen LogP contribution in [0.2, 0.25) is 0 Å². The maximum Gasteiger partial charge on any atom is 0.348 e. The third kappa shape index (κ3) is 4.89. The van der Waals surface area contributed by atoms with E-state index in [-0.39, 0.29) is 11.7 Å². The third-order valence-corrected chi connectivity index (χ3v) is 8.25. The van der Waals surface area contributed by atoms with Crippen LogP contribution in [0.1, 0.15) is 44.6 Å². The van der Waals surface area contributed by atoms with Gasteiger partial charge < -0.3 is 19.4 Å². The molecule has 39 heavy (non-hydrogen) atoms.